The number of H-pyrrole nitrogens is 2. The summed E-state index contributed by atoms with van der Waals surface area (Å²) in [5, 5.41) is 16.4. The van der Waals surface area contributed by atoms with Crippen LogP contribution in [0.1, 0.15) is 57.2 Å². The maximum Gasteiger partial charge on any atom is 0.0720 e. The molecule has 0 aliphatic carbocycles. The van der Waals surface area contributed by atoms with Gasteiger partial charge in [-0.15, -0.1) is 0 Å². The van der Waals surface area contributed by atoms with Crippen LogP contribution in [-0.2, 0) is 17.8 Å². The van der Waals surface area contributed by atoms with E-state index in [0.717, 1.165) is 30.3 Å². The van der Waals surface area contributed by atoms with Gasteiger partial charge in [0.2, 0.25) is 0 Å². The minimum absolute atomic E-state index is 0.0813. The number of benzene rings is 2. The average Bonchev–Trinajstić information content (AvgIpc) is 3.35. The van der Waals surface area contributed by atoms with E-state index in [4.69, 9.17) is 4.74 Å². The summed E-state index contributed by atoms with van der Waals surface area (Å²) in [6, 6.07) is 15.0. The molecular weight excluding hydrogens is 398 g/mol. The van der Waals surface area contributed by atoms with Crippen LogP contribution in [0.4, 0.5) is 0 Å². The second-order valence-corrected chi connectivity index (χ2v) is 10.5. The number of nitrogens with one attached hydrogen (secondary N) is 2. The van der Waals surface area contributed by atoms with Crippen LogP contribution in [0.15, 0.2) is 54.9 Å². The number of nitrogens with zero attached hydrogens (tertiary/aromatic N) is 1. The first-order valence-electron chi connectivity index (χ1n) is 11.5. The molecule has 5 rings (SSSR count). The van der Waals surface area contributed by atoms with E-state index >= 15 is 0 Å². The van der Waals surface area contributed by atoms with Crippen molar-refractivity contribution in [3.8, 4) is 0 Å². The number of rotatable bonds is 5. The normalized spacial score (nSPS) is 19.2. The predicted molar refractivity (Wildman–Crippen MR) is 131 cm³/mol. The molecule has 2 aromatic carbocycles. The minimum atomic E-state index is -0.413. The first-order chi connectivity index (χ1) is 15.2. The van der Waals surface area contributed by atoms with E-state index in [2.05, 4.69) is 64.8 Å². The Morgan fingerprint density at radius 2 is 1.53 bits per heavy atom. The monoisotopic (exact) mass is 430 g/mol. The molecule has 0 atom stereocenters. The van der Waals surface area contributed by atoms with Gasteiger partial charge in [-0.2, -0.15) is 0 Å². The van der Waals surface area contributed by atoms with Crippen molar-refractivity contribution in [2.24, 2.45) is 0 Å². The smallest absolute Gasteiger partial charge is 0.0720 e. The van der Waals surface area contributed by atoms with Crippen LogP contribution in [0.2, 0.25) is 0 Å². The van der Waals surface area contributed by atoms with Crippen LogP contribution in [0.25, 0.3) is 21.8 Å². The van der Waals surface area contributed by atoms with E-state index < -0.39 is 11.1 Å². The standard InChI is InChI=1S/C27H32N3O2/c1-26(2)13-21(14-27(3,4)30(26)31)32-17-18-9-10-25-23(11-18)20(16-29-25)12-19-15-28-24-8-6-5-7-22(19)24/h5-11,15-16,21,28-29H,12-14,17H2,1-4H3/q-1. The Hall–Kier alpha value is -2.60. The van der Waals surface area contributed by atoms with E-state index in [-0.39, 0.29) is 6.10 Å². The van der Waals surface area contributed by atoms with Crippen LogP contribution in [-0.4, -0.2) is 32.2 Å². The zero-order valence-corrected chi connectivity index (χ0v) is 19.4. The number of hydroxylamine groups is 2. The van der Waals surface area contributed by atoms with Gasteiger partial charge in [-0.25, -0.2) is 0 Å². The molecule has 0 radical (unpaired) electrons. The van der Waals surface area contributed by atoms with Gasteiger partial charge < -0.3 is 25.0 Å². The third-order valence-electron chi connectivity index (χ3n) is 6.93. The summed E-state index contributed by atoms with van der Waals surface area (Å²) in [5.74, 6) is 0. The fourth-order valence-corrected chi connectivity index (χ4v) is 5.45. The van der Waals surface area contributed by atoms with Gasteiger partial charge in [0.25, 0.3) is 0 Å². The second-order valence-electron chi connectivity index (χ2n) is 10.5. The maximum absolute atomic E-state index is 12.6. The highest BCUT2D eigenvalue weighted by Gasteiger charge is 2.40. The summed E-state index contributed by atoms with van der Waals surface area (Å²) < 4.78 is 6.34. The summed E-state index contributed by atoms with van der Waals surface area (Å²) in [4.78, 5) is 6.79. The van der Waals surface area contributed by atoms with Crippen molar-refractivity contribution in [1.82, 2.24) is 15.0 Å². The van der Waals surface area contributed by atoms with Crippen LogP contribution in [0.3, 0.4) is 0 Å². The summed E-state index contributed by atoms with van der Waals surface area (Å²) in [5.41, 5.74) is 5.24. The predicted octanol–water partition coefficient (Wildman–Crippen LogP) is 6.28. The molecule has 4 aromatic rings. The van der Waals surface area contributed by atoms with Crippen LogP contribution < -0.4 is 0 Å². The Kier molecular flexibility index (Phi) is 5.16. The average molecular weight is 431 g/mol. The molecule has 1 aliphatic heterocycles. The molecule has 1 saturated heterocycles. The summed E-state index contributed by atoms with van der Waals surface area (Å²) in [6.45, 7) is 8.61. The Morgan fingerprint density at radius 1 is 0.906 bits per heavy atom. The summed E-state index contributed by atoms with van der Waals surface area (Å²) >= 11 is 0. The molecule has 0 bridgehead atoms. The van der Waals surface area contributed by atoms with Gasteiger partial charge in [-0.1, -0.05) is 24.3 Å². The van der Waals surface area contributed by atoms with Gasteiger partial charge in [0, 0.05) is 51.7 Å². The fraction of sp³-hybridized carbons (Fsp3) is 0.407. The van der Waals surface area contributed by atoms with E-state index in [0.29, 0.717) is 6.61 Å². The molecule has 1 aliphatic rings. The van der Waals surface area contributed by atoms with Gasteiger partial charge in [-0.05, 0) is 75.4 Å². The number of ether oxygens (including phenoxy) is 1. The third kappa shape index (κ3) is 3.85. The van der Waals surface area contributed by atoms with Gasteiger partial charge in [0.1, 0.15) is 0 Å². The SMILES string of the molecule is CC1(C)CC(OCc2ccc3[nH]cc(Cc4c[nH]c5ccccc45)c3c2)CC(C)(C)N1[O-]. The number of fused-ring (bicyclic) bond motifs is 2. The van der Waals surface area contributed by atoms with E-state index in [1.165, 1.54) is 32.5 Å². The number of aromatic amines is 2. The molecule has 2 aromatic heterocycles. The van der Waals surface area contributed by atoms with E-state index in [1.807, 2.05) is 27.7 Å². The van der Waals surface area contributed by atoms with Crippen LogP contribution >= 0.6 is 0 Å². The lowest BCUT2D eigenvalue weighted by Crippen LogP contribution is -2.59. The number of hydrogen-bond acceptors (Lipinski definition) is 3. The molecule has 32 heavy (non-hydrogen) atoms. The fourth-order valence-electron chi connectivity index (χ4n) is 5.45. The molecule has 0 saturated carbocycles. The number of para-hydroxylation sites is 1. The van der Waals surface area contributed by atoms with Crippen molar-refractivity contribution >= 4 is 21.8 Å². The Morgan fingerprint density at radius 3 is 2.25 bits per heavy atom. The largest absolute Gasteiger partial charge is 0.784 e. The quantitative estimate of drug-likeness (QED) is 0.392. The molecule has 2 N–H and O–H groups in total. The number of piperidine rings is 1. The van der Waals surface area contributed by atoms with E-state index in [9.17, 15) is 5.21 Å². The molecule has 0 unspecified atom stereocenters. The van der Waals surface area contributed by atoms with Crippen molar-refractivity contribution < 1.29 is 4.74 Å². The highest BCUT2D eigenvalue weighted by Crippen LogP contribution is 2.39. The molecule has 5 heteroatoms. The van der Waals surface area contributed by atoms with Crippen molar-refractivity contribution in [3.63, 3.8) is 0 Å². The Labute approximate surface area is 189 Å². The van der Waals surface area contributed by atoms with Crippen molar-refractivity contribution in [2.45, 2.75) is 70.7 Å². The van der Waals surface area contributed by atoms with E-state index in [1.54, 1.807) is 0 Å². The maximum atomic E-state index is 12.6. The zero-order valence-electron chi connectivity index (χ0n) is 19.4. The first kappa shape index (κ1) is 21.3. The van der Waals surface area contributed by atoms with Crippen LogP contribution in [0.5, 0.6) is 0 Å². The highest BCUT2D eigenvalue weighted by molar-refractivity contribution is 5.87. The molecule has 0 amide bonds. The first-order valence-corrected chi connectivity index (χ1v) is 11.5. The Balaban J connectivity index is 1.34. The molecule has 5 nitrogen and oxygen atoms in total. The van der Waals surface area contributed by atoms with Crippen molar-refractivity contribution in [1.29, 1.82) is 0 Å². The van der Waals surface area contributed by atoms with Gasteiger partial charge in [0.15, 0.2) is 0 Å². The topological polar surface area (TPSA) is 67.1 Å². The second kappa shape index (κ2) is 7.77. The molecule has 1 fully saturated rings. The summed E-state index contributed by atoms with van der Waals surface area (Å²) in [6.07, 6.45) is 6.68. The molecule has 3 heterocycles. The molecular formula is C27H32N3O2-. The Bertz CT molecular complexity index is 1230. The number of aromatic nitrogens is 2. The zero-order chi connectivity index (χ0) is 22.5. The highest BCUT2D eigenvalue weighted by atomic mass is 16.5. The van der Waals surface area contributed by atoms with Gasteiger partial charge >= 0.3 is 0 Å². The number of hydrogen-bond donors (Lipinski definition) is 2. The minimum Gasteiger partial charge on any atom is -0.784 e. The van der Waals surface area contributed by atoms with Crippen molar-refractivity contribution in [3.05, 3.63) is 76.8 Å². The lowest BCUT2D eigenvalue weighted by atomic mass is 9.80. The van der Waals surface area contributed by atoms with Crippen molar-refractivity contribution in [2.75, 3.05) is 0 Å². The molecule has 168 valence electrons. The third-order valence-corrected chi connectivity index (χ3v) is 6.93. The molecule has 0 spiro atoms. The van der Waals surface area contributed by atoms with Crippen LogP contribution in [0, 0.1) is 5.21 Å². The lowest BCUT2D eigenvalue weighted by molar-refractivity contribution is -0.0862. The summed E-state index contributed by atoms with van der Waals surface area (Å²) in [7, 11) is 0. The lowest BCUT2D eigenvalue weighted by Gasteiger charge is -2.59. The van der Waals surface area contributed by atoms with Gasteiger partial charge in [0.05, 0.1) is 12.7 Å². The van der Waals surface area contributed by atoms with Gasteiger partial charge in [-0.3, -0.25) is 0 Å².